The molecule has 0 fully saturated rings. The molecule has 0 aliphatic rings. The monoisotopic (exact) mass is 283 g/mol. The lowest BCUT2D eigenvalue weighted by Gasteiger charge is -2.17. The maximum Gasteiger partial charge on any atom is 0.119 e. The Labute approximate surface area is 120 Å². The maximum absolute atomic E-state index is 9.85. The number of aryl methyl sites for hydroxylation is 1. The number of aliphatic hydroxyl groups is 1. The lowest BCUT2D eigenvalue weighted by Crippen LogP contribution is -2.36. The zero-order valence-corrected chi connectivity index (χ0v) is 12.9. The topological polar surface area (TPSA) is 41.5 Å². The molecule has 2 N–H and O–H groups in total. The van der Waals surface area contributed by atoms with Gasteiger partial charge >= 0.3 is 0 Å². The molecular weight excluding hydrogens is 258 g/mol. The van der Waals surface area contributed by atoms with E-state index in [9.17, 15) is 5.11 Å². The Hall–Kier alpha value is -0.710. The van der Waals surface area contributed by atoms with Crippen LogP contribution in [0, 0.1) is 6.92 Å². The van der Waals surface area contributed by atoms with E-state index in [2.05, 4.69) is 18.5 Å². The van der Waals surface area contributed by atoms with Crippen LogP contribution in [-0.4, -0.2) is 42.4 Å². The molecule has 1 rings (SSSR count). The summed E-state index contributed by atoms with van der Waals surface area (Å²) in [5.74, 6) is 1.95. The Bertz CT molecular complexity index is 343. The molecule has 0 aromatic heterocycles. The van der Waals surface area contributed by atoms with E-state index in [4.69, 9.17) is 4.74 Å². The molecule has 0 bridgehead atoms. The van der Waals surface area contributed by atoms with Gasteiger partial charge in [-0.3, -0.25) is 0 Å². The molecule has 19 heavy (non-hydrogen) atoms. The first-order chi connectivity index (χ1) is 9.11. The van der Waals surface area contributed by atoms with Gasteiger partial charge in [-0.25, -0.2) is 0 Å². The minimum Gasteiger partial charge on any atom is -0.491 e. The van der Waals surface area contributed by atoms with Crippen molar-refractivity contribution < 1.29 is 9.84 Å². The lowest BCUT2D eigenvalue weighted by atomic mass is 10.2. The van der Waals surface area contributed by atoms with Gasteiger partial charge in [0.25, 0.3) is 0 Å². The Balaban J connectivity index is 2.17. The Morgan fingerprint density at radius 2 is 2.00 bits per heavy atom. The third-order valence-corrected chi connectivity index (χ3v) is 3.56. The summed E-state index contributed by atoms with van der Waals surface area (Å²) < 4.78 is 5.54. The fraction of sp³-hybridized carbons (Fsp3) is 0.600. The molecule has 0 aliphatic heterocycles. The predicted molar refractivity (Wildman–Crippen MR) is 83.1 cm³/mol. The molecule has 0 heterocycles. The Morgan fingerprint density at radius 1 is 1.32 bits per heavy atom. The molecule has 0 saturated heterocycles. The van der Waals surface area contributed by atoms with Crippen molar-refractivity contribution in [2.24, 2.45) is 0 Å². The van der Waals surface area contributed by atoms with Crippen LogP contribution in [0.3, 0.4) is 0 Å². The number of nitrogens with one attached hydrogen (secondary N) is 1. The number of rotatable bonds is 9. The smallest absolute Gasteiger partial charge is 0.119 e. The van der Waals surface area contributed by atoms with Gasteiger partial charge in [0.1, 0.15) is 18.5 Å². The lowest BCUT2D eigenvalue weighted by molar-refractivity contribution is 0.104. The SMILES string of the molecule is CSCCC(C)NCC(O)COc1ccc(C)cc1. The standard InChI is InChI=1S/C15H25NO2S/c1-12-4-6-15(7-5-12)18-11-14(17)10-16-13(2)8-9-19-3/h4-7,13-14,16-17H,8-11H2,1-3H3. The molecule has 2 atom stereocenters. The van der Waals surface area contributed by atoms with Gasteiger partial charge in [-0.1, -0.05) is 17.7 Å². The molecule has 1 aromatic carbocycles. The molecule has 1 aromatic rings. The van der Waals surface area contributed by atoms with Crippen LogP contribution in [0.2, 0.25) is 0 Å². The molecule has 4 heteroatoms. The van der Waals surface area contributed by atoms with Crippen LogP contribution in [-0.2, 0) is 0 Å². The number of hydrogen-bond donors (Lipinski definition) is 2. The zero-order chi connectivity index (χ0) is 14.1. The summed E-state index contributed by atoms with van der Waals surface area (Å²) >= 11 is 1.85. The second-order valence-corrected chi connectivity index (χ2v) is 5.85. The molecule has 0 spiro atoms. The second kappa shape index (κ2) is 9.23. The number of ether oxygens (including phenoxy) is 1. The van der Waals surface area contributed by atoms with Crippen molar-refractivity contribution >= 4 is 11.8 Å². The number of aliphatic hydroxyl groups excluding tert-OH is 1. The van der Waals surface area contributed by atoms with Crippen LogP contribution in [0.4, 0.5) is 0 Å². The summed E-state index contributed by atoms with van der Waals surface area (Å²) in [7, 11) is 0. The summed E-state index contributed by atoms with van der Waals surface area (Å²) in [5.41, 5.74) is 1.21. The molecule has 0 aliphatic carbocycles. The summed E-state index contributed by atoms with van der Waals surface area (Å²) in [6, 6.07) is 8.30. The quantitative estimate of drug-likeness (QED) is 0.730. The average molecular weight is 283 g/mol. The first-order valence-corrected chi connectivity index (χ1v) is 8.11. The van der Waals surface area contributed by atoms with Gasteiger partial charge < -0.3 is 15.2 Å². The zero-order valence-electron chi connectivity index (χ0n) is 12.1. The van der Waals surface area contributed by atoms with Gasteiger partial charge in [0.2, 0.25) is 0 Å². The van der Waals surface area contributed by atoms with Crippen molar-refractivity contribution in [1.29, 1.82) is 0 Å². The highest BCUT2D eigenvalue weighted by Gasteiger charge is 2.07. The van der Waals surface area contributed by atoms with Crippen LogP contribution in [0.5, 0.6) is 5.75 Å². The number of benzene rings is 1. The highest BCUT2D eigenvalue weighted by Crippen LogP contribution is 2.11. The molecule has 108 valence electrons. The molecule has 0 radical (unpaired) electrons. The summed E-state index contributed by atoms with van der Waals surface area (Å²) in [6.07, 6.45) is 2.75. The van der Waals surface area contributed by atoms with E-state index in [1.165, 1.54) is 5.56 Å². The van der Waals surface area contributed by atoms with E-state index in [1.807, 2.05) is 43.0 Å². The summed E-state index contributed by atoms with van der Waals surface area (Å²) in [6.45, 7) is 5.08. The van der Waals surface area contributed by atoms with E-state index in [0.29, 0.717) is 19.2 Å². The van der Waals surface area contributed by atoms with Gasteiger partial charge in [-0.15, -0.1) is 0 Å². The second-order valence-electron chi connectivity index (χ2n) is 4.87. The van der Waals surface area contributed by atoms with Crippen molar-refractivity contribution in [3.05, 3.63) is 29.8 Å². The van der Waals surface area contributed by atoms with Crippen molar-refractivity contribution in [2.45, 2.75) is 32.4 Å². The van der Waals surface area contributed by atoms with Gasteiger partial charge in [0.15, 0.2) is 0 Å². The fourth-order valence-electron chi connectivity index (χ4n) is 1.62. The minimum absolute atomic E-state index is 0.325. The van der Waals surface area contributed by atoms with E-state index in [1.54, 1.807) is 0 Å². The first kappa shape index (κ1) is 16.3. The van der Waals surface area contributed by atoms with Crippen molar-refractivity contribution in [1.82, 2.24) is 5.32 Å². The van der Waals surface area contributed by atoms with Crippen LogP contribution in [0.1, 0.15) is 18.9 Å². The molecule has 0 saturated carbocycles. The third kappa shape index (κ3) is 7.45. The van der Waals surface area contributed by atoms with Crippen LogP contribution in [0.15, 0.2) is 24.3 Å². The minimum atomic E-state index is -0.474. The fourth-order valence-corrected chi connectivity index (χ4v) is 2.21. The van der Waals surface area contributed by atoms with Gasteiger partial charge in [0, 0.05) is 12.6 Å². The van der Waals surface area contributed by atoms with E-state index in [-0.39, 0.29) is 0 Å². The van der Waals surface area contributed by atoms with Crippen LogP contribution in [0.25, 0.3) is 0 Å². The van der Waals surface area contributed by atoms with Gasteiger partial charge in [0.05, 0.1) is 0 Å². The van der Waals surface area contributed by atoms with E-state index in [0.717, 1.165) is 17.9 Å². The van der Waals surface area contributed by atoms with Crippen molar-refractivity contribution in [3.8, 4) is 5.75 Å². The number of hydrogen-bond acceptors (Lipinski definition) is 4. The first-order valence-electron chi connectivity index (χ1n) is 6.71. The maximum atomic E-state index is 9.85. The van der Waals surface area contributed by atoms with Crippen LogP contribution >= 0.6 is 11.8 Å². The Morgan fingerprint density at radius 3 is 2.63 bits per heavy atom. The average Bonchev–Trinajstić information content (AvgIpc) is 2.42. The van der Waals surface area contributed by atoms with Crippen LogP contribution < -0.4 is 10.1 Å². The molecule has 3 nitrogen and oxygen atoms in total. The molecule has 2 unspecified atom stereocenters. The summed E-state index contributed by atoms with van der Waals surface area (Å²) in [4.78, 5) is 0. The molecular formula is C15H25NO2S. The summed E-state index contributed by atoms with van der Waals surface area (Å²) in [5, 5.41) is 13.2. The third-order valence-electron chi connectivity index (χ3n) is 2.92. The Kier molecular flexibility index (Phi) is 7.94. The van der Waals surface area contributed by atoms with Gasteiger partial charge in [-0.05, 0) is 44.4 Å². The van der Waals surface area contributed by atoms with E-state index >= 15 is 0 Å². The van der Waals surface area contributed by atoms with Crippen molar-refractivity contribution in [2.75, 3.05) is 25.2 Å². The largest absolute Gasteiger partial charge is 0.491 e. The predicted octanol–water partition coefficient (Wildman–Crippen LogP) is 2.47. The normalized spacial score (nSPS) is 14.1. The highest BCUT2D eigenvalue weighted by molar-refractivity contribution is 7.98. The molecule has 0 amide bonds. The van der Waals surface area contributed by atoms with Gasteiger partial charge in [-0.2, -0.15) is 11.8 Å². The van der Waals surface area contributed by atoms with Crippen molar-refractivity contribution in [3.63, 3.8) is 0 Å². The number of thioether (sulfide) groups is 1. The highest BCUT2D eigenvalue weighted by atomic mass is 32.2. The van der Waals surface area contributed by atoms with E-state index < -0.39 is 6.10 Å².